The van der Waals surface area contributed by atoms with Crippen LogP contribution < -0.4 is 5.32 Å². The van der Waals surface area contributed by atoms with Gasteiger partial charge in [0.25, 0.3) is 0 Å². The Balaban J connectivity index is 1.77. The van der Waals surface area contributed by atoms with Gasteiger partial charge >= 0.3 is 0 Å². The molecule has 0 saturated carbocycles. The van der Waals surface area contributed by atoms with Gasteiger partial charge in [-0.05, 0) is 36.8 Å². The second-order valence-electron chi connectivity index (χ2n) is 5.03. The number of benzene rings is 1. The molecule has 0 radical (unpaired) electrons. The highest BCUT2D eigenvalue weighted by Crippen LogP contribution is 2.42. The van der Waals surface area contributed by atoms with Crippen molar-refractivity contribution in [3.8, 4) is 0 Å². The lowest BCUT2D eigenvalue weighted by Gasteiger charge is -2.20. The number of thioether (sulfide) groups is 2. The zero-order chi connectivity index (χ0) is 14.7. The Labute approximate surface area is 138 Å². The zero-order valence-corrected chi connectivity index (χ0v) is 14.7. The van der Waals surface area contributed by atoms with Crippen molar-refractivity contribution < 1.29 is 0 Å². The largest absolute Gasteiger partial charge is 0.309 e. The molecule has 112 valence electrons. The van der Waals surface area contributed by atoms with Gasteiger partial charge in [-0.3, -0.25) is 0 Å². The minimum atomic E-state index is 0.424. The topological polar surface area (TPSA) is 37.8 Å². The third-order valence-corrected chi connectivity index (χ3v) is 6.87. The molecule has 2 unspecified atom stereocenters. The second-order valence-corrected chi connectivity index (χ2v) is 8.55. The number of nitrogens with zero attached hydrogens (tertiary/aromatic N) is 2. The van der Waals surface area contributed by atoms with E-state index in [1.54, 1.807) is 23.1 Å². The molecule has 1 aromatic heterocycles. The standard InChI is InChI=1S/C15H19N3S3/c1-3-8-16-13-11-7-5-4-6-10(11)9-12(13)20-15-18-17-14(19-2)21-15/h4-7,12-13,16H,3,8-9H2,1-2H3. The van der Waals surface area contributed by atoms with Gasteiger partial charge < -0.3 is 5.32 Å². The van der Waals surface area contributed by atoms with E-state index in [9.17, 15) is 0 Å². The van der Waals surface area contributed by atoms with Crippen LogP contribution in [0.4, 0.5) is 0 Å². The first-order chi connectivity index (χ1) is 10.3. The van der Waals surface area contributed by atoms with Crippen LogP contribution in [0.2, 0.25) is 0 Å². The van der Waals surface area contributed by atoms with Crippen molar-refractivity contribution in [2.45, 2.75) is 39.7 Å². The molecule has 1 N–H and O–H groups in total. The first-order valence-electron chi connectivity index (χ1n) is 7.17. The monoisotopic (exact) mass is 337 g/mol. The van der Waals surface area contributed by atoms with Crippen LogP contribution in [0.25, 0.3) is 0 Å². The van der Waals surface area contributed by atoms with Crippen molar-refractivity contribution in [3.63, 3.8) is 0 Å². The highest BCUT2D eigenvalue weighted by molar-refractivity contribution is 8.03. The lowest BCUT2D eigenvalue weighted by atomic mass is 10.1. The van der Waals surface area contributed by atoms with Crippen LogP contribution in [0.5, 0.6) is 0 Å². The third kappa shape index (κ3) is 3.44. The molecule has 1 aromatic carbocycles. The van der Waals surface area contributed by atoms with Gasteiger partial charge in [-0.2, -0.15) is 0 Å². The summed E-state index contributed by atoms with van der Waals surface area (Å²) in [7, 11) is 0. The summed E-state index contributed by atoms with van der Waals surface area (Å²) in [6.07, 6.45) is 4.31. The molecular formula is C15H19N3S3. The van der Waals surface area contributed by atoms with Crippen LogP contribution >= 0.6 is 34.9 Å². The van der Waals surface area contributed by atoms with E-state index in [-0.39, 0.29) is 0 Å². The average Bonchev–Trinajstić information content (AvgIpc) is 3.09. The molecule has 2 aromatic rings. The Morgan fingerprint density at radius 3 is 2.86 bits per heavy atom. The van der Waals surface area contributed by atoms with E-state index < -0.39 is 0 Å². The van der Waals surface area contributed by atoms with Crippen molar-refractivity contribution in [1.29, 1.82) is 0 Å². The van der Waals surface area contributed by atoms with Gasteiger partial charge in [-0.15, -0.1) is 10.2 Å². The maximum atomic E-state index is 4.31. The number of hydrogen-bond donors (Lipinski definition) is 1. The molecule has 0 bridgehead atoms. The van der Waals surface area contributed by atoms with Gasteiger partial charge in [-0.25, -0.2) is 0 Å². The van der Waals surface area contributed by atoms with E-state index in [4.69, 9.17) is 0 Å². The van der Waals surface area contributed by atoms with Crippen LogP contribution in [-0.4, -0.2) is 28.2 Å². The number of nitrogens with one attached hydrogen (secondary N) is 1. The summed E-state index contributed by atoms with van der Waals surface area (Å²) in [6.45, 7) is 3.27. The summed E-state index contributed by atoms with van der Waals surface area (Å²) < 4.78 is 2.13. The predicted molar refractivity (Wildman–Crippen MR) is 92.5 cm³/mol. The SMILES string of the molecule is CCCNC1c2ccccc2CC1Sc1nnc(SC)s1. The number of fused-ring (bicyclic) bond motifs is 1. The van der Waals surface area contributed by atoms with E-state index >= 15 is 0 Å². The molecule has 0 saturated heterocycles. The lowest BCUT2D eigenvalue weighted by Crippen LogP contribution is -2.27. The van der Waals surface area contributed by atoms with Crippen molar-refractivity contribution in [2.75, 3.05) is 12.8 Å². The van der Waals surface area contributed by atoms with E-state index in [0.717, 1.165) is 28.1 Å². The molecule has 0 spiro atoms. The number of aromatic nitrogens is 2. The zero-order valence-electron chi connectivity index (χ0n) is 12.2. The smallest absolute Gasteiger partial charge is 0.175 e. The van der Waals surface area contributed by atoms with Gasteiger partial charge in [-0.1, -0.05) is 66.0 Å². The first kappa shape index (κ1) is 15.3. The maximum Gasteiger partial charge on any atom is 0.175 e. The van der Waals surface area contributed by atoms with Crippen LogP contribution in [0, 0.1) is 0 Å². The summed E-state index contributed by atoms with van der Waals surface area (Å²) in [5.41, 5.74) is 2.93. The fraction of sp³-hybridized carbons (Fsp3) is 0.467. The van der Waals surface area contributed by atoms with E-state index in [2.05, 4.69) is 46.7 Å². The Morgan fingerprint density at radius 2 is 2.10 bits per heavy atom. The summed E-state index contributed by atoms with van der Waals surface area (Å²) in [6, 6.07) is 9.22. The molecule has 2 atom stereocenters. The van der Waals surface area contributed by atoms with Crippen molar-refractivity contribution >= 4 is 34.9 Å². The van der Waals surface area contributed by atoms with Crippen LogP contribution in [0.15, 0.2) is 32.9 Å². The molecule has 6 heteroatoms. The van der Waals surface area contributed by atoms with Gasteiger partial charge in [0.1, 0.15) is 0 Å². The molecule has 3 rings (SSSR count). The fourth-order valence-corrected chi connectivity index (χ4v) is 5.62. The molecule has 0 amide bonds. The van der Waals surface area contributed by atoms with Gasteiger partial charge in [0.05, 0.1) is 0 Å². The Bertz CT molecular complexity index is 599. The summed E-state index contributed by atoms with van der Waals surface area (Å²) in [4.78, 5) is 0. The fourth-order valence-electron chi connectivity index (χ4n) is 2.67. The van der Waals surface area contributed by atoms with E-state index in [1.165, 1.54) is 11.1 Å². The number of hydrogen-bond acceptors (Lipinski definition) is 6. The summed E-state index contributed by atoms with van der Waals surface area (Å²) >= 11 is 5.24. The Morgan fingerprint density at radius 1 is 1.29 bits per heavy atom. The number of rotatable bonds is 6. The highest BCUT2D eigenvalue weighted by Gasteiger charge is 2.33. The van der Waals surface area contributed by atoms with Crippen LogP contribution in [0.1, 0.15) is 30.5 Å². The molecule has 1 aliphatic carbocycles. The molecule has 1 aliphatic rings. The maximum absolute atomic E-state index is 4.31. The van der Waals surface area contributed by atoms with Crippen molar-refractivity contribution in [3.05, 3.63) is 35.4 Å². The lowest BCUT2D eigenvalue weighted by molar-refractivity contribution is 0.538. The van der Waals surface area contributed by atoms with Crippen molar-refractivity contribution in [2.24, 2.45) is 0 Å². The normalized spacial score (nSPS) is 20.7. The van der Waals surface area contributed by atoms with Gasteiger partial charge in [0, 0.05) is 11.3 Å². The molecular weight excluding hydrogens is 318 g/mol. The molecule has 0 aliphatic heterocycles. The second kappa shape index (κ2) is 7.13. The summed E-state index contributed by atoms with van der Waals surface area (Å²) in [5.74, 6) is 0. The van der Waals surface area contributed by atoms with Gasteiger partial charge in [0.15, 0.2) is 8.68 Å². The van der Waals surface area contributed by atoms with E-state index in [0.29, 0.717) is 11.3 Å². The van der Waals surface area contributed by atoms with Crippen LogP contribution in [-0.2, 0) is 6.42 Å². The third-order valence-electron chi connectivity index (χ3n) is 3.61. The Kier molecular flexibility index (Phi) is 5.21. The average molecular weight is 338 g/mol. The van der Waals surface area contributed by atoms with Gasteiger partial charge in [0.2, 0.25) is 0 Å². The molecule has 0 fully saturated rings. The molecule has 21 heavy (non-hydrogen) atoms. The quantitative estimate of drug-likeness (QED) is 0.806. The predicted octanol–water partition coefficient (Wildman–Crippen LogP) is 4.02. The first-order valence-corrected chi connectivity index (χ1v) is 10.1. The summed E-state index contributed by atoms with van der Waals surface area (Å²) in [5, 5.41) is 12.7. The highest BCUT2D eigenvalue weighted by atomic mass is 32.2. The van der Waals surface area contributed by atoms with Crippen LogP contribution in [0.3, 0.4) is 0 Å². The van der Waals surface area contributed by atoms with Crippen molar-refractivity contribution in [1.82, 2.24) is 15.5 Å². The minimum absolute atomic E-state index is 0.424. The molecule has 1 heterocycles. The van der Waals surface area contributed by atoms with E-state index in [1.807, 2.05) is 18.0 Å². The minimum Gasteiger partial charge on any atom is -0.309 e. The Hall–Kier alpha value is -0.560. The molecule has 3 nitrogen and oxygen atoms in total.